The van der Waals surface area contributed by atoms with Crippen LogP contribution in [0.25, 0.3) is 0 Å². The molecule has 0 unspecified atom stereocenters. The molecule has 1 aromatic rings. The first kappa shape index (κ1) is 15.4. The topological polar surface area (TPSA) is 66.8 Å². The van der Waals surface area contributed by atoms with E-state index in [1.807, 2.05) is 26.0 Å². The summed E-state index contributed by atoms with van der Waals surface area (Å²) in [6.07, 6.45) is 1.50. The molecule has 1 amide bonds. The summed E-state index contributed by atoms with van der Waals surface area (Å²) in [6.45, 7) is 4.78. The fourth-order valence-electron chi connectivity index (χ4n) is 2.74. The molecule has 0 aliphatic carbocycles. The Hall–Kier alpha value is -2.04. The van der Waals surface area contributed by atoms with E-state index in [2.05, 4.69) is 6.07 Å². The number of hydrogen-bond donors (Lipinski definition) is 1. The van der Waals surface area contributed by atoms with E-state index in [-0.39, 0.29) is 18.9 Å². The summed E-state index contributed by atoms with van der Waals surface area (Å²) in [7, 11) is 0. The van der Waals surface area contributed by atoms with Gasteiger partial charge in [0.1, 0.15) is 11.8 Å². The van der Waals surface area contributed by atoms with Crippen molar-refractivity contribution in [1.29, 1.82) is 0 Å². The van der Waals surface area contributed by atoms with E-state index >= 15 is 0 Å². The molecule has 0 spiro atoms. The molecule has 1 heterocycles. The van der Waals surface area contributed by atoms with E-state index in [0.717, 1.165) is 23.3 Å². The quantitative estimate of drug-likeness (QED) is 0.902. The van der Waals surface area contributed by atoms with Crippen LogP contribution in [0.4, 0.5) is 0 Å². The molecule has 0 radical (unpaired) electrons. The van der Waals surface area contributed by atoms with Gasteiger partial charge in [-0.05, 0) is 49.9 Å². The van der Waals surface area contributed by atoms with Crippen LogP contribution >= 0.6 is 0 Å². The van der Waals surface area contributed by atoms with Crippen molar-refractivity contribution in [2.45, 2.75) is 39.2 Å². The molecular formula is C16H21NO4. The first-order valence-electron chi connectivity index (χ1n) is 7.21. The predicted octanol–water partition coefficient (Wildman–Crippen LogP) is 2.15. The Morgan fingerprint density at radius 1 is 1.29 bits per heavy atom. The number of aryl methyl sites for hydroxylation is 2. The molecule has 0 aromatic heterocycles. The Morgan fingerprint density at radius 2 is 1.95 bits per heavy atom. The minimum Gasteiger partial charge on any atom is -0.493 e. The average molecular weight is 291 g/mol. The minimum atomic E-state index is -0.920. The lowest BCUT2D eigenvalue weighted by Crippen LogP contribution is -2.40. The predicted molar refractivity (Wildman–Crippen MR) is 78.4 cm³/mol. The van der Waals surface area contributed by atoms with E-state index in [4.69, 9.17) is 9.84 Å². The molecule has 21 heavy (non-hydrogen) atoms. The number of carboxylic acids is 1. The number of carbonyl (C=O) groups excluding carboxylic acids is 1. The summed E-state index contributed by atoms with van der Waals surface area (Å²) in [5.41, 5.74) is 2.23. The number of benzene rings is 1. The summed E-state index contributed by atoms with van der Waals surface area (Å²) in [4.78, 5) is 24.6. The average Bonchev–Trinajstić information content (AvgIpc) is 2.86. The molecule has 1 aliphatic rings. The number of aliphatic carboxylic acids is 1. The lowest BCUT2D eigenvalue weighted by Gasteiger charge is -2.21. The smallest absolute Gasteiger partial charge is 0.326 e. The summed E-state index contributed by atoms with van der Waals surface area (Å²) in [5, 5.41) is 9.07. The minimum absolute atomic E-state index is 0.149. The summed E-state index contributed by atoms with van der Waals surface area (Å²) in [5.74, 6) is -0.322. The Bertz CT molecular complexity index is 521. The van der Waals surface area contributed by atoms with Gasteiger partial charge in [-0.1, -0.05) is 6.07 Å². The maximum Gasteiger partial charge on any atom is 0.326 e. The van der Waals surface area contributed by atoms with Crippen LogP contribution in [0.2, 0.25) is 0 Å². The van der Waals surface area contributed by atoms with Crippen LogP contribution in [0, 0.1) is 13.8 Å². The molecule has 1 fully saturated rings. The third-order valence-electron chi connectivity index (χ3n) is 3.64. The molecular weight excluding hydrogens is 270 g/mol. The highest BCUT2D eigenvalue weighted by atomic mass is 16.5. The van der Waals surface area contributed by atoms with Crippen molar-refractivity contribution in [1.82, 2.24) is 4.90 Å². The van der Waals surface area contributed by atoms with Gasteiger partial charge in [0.05, 0.1) is 13.0 Å². The van der Waals surface area contributed by atoms with Crippen LogP contribution < -0.4 is 4.74 Å². The molecule has 1 saturated heterocycles. The maximum atomic E-state index is 12.1. The standard InChI is InChI=1S/C16H21NO4/c1-11-8-12(2)10-13(9-11)21-7-5-15(18)17-6-3-4-14(17)16(19)20/h8-10,14H,3-7H2,1-2H3,(H,19,20)/t14-/m0/s1. The van der Waals surface area contributed by atoms with Gasteiger partial charge >= 0.3 is 5.97 Å². The van der Waals surface area contributed by atoms with E-state index in [1.165, 1.54) is 4.90 Å². The summed E-state index contributed by atoms with van der Waals surface area (Å²) in [6, 6.07) is 5.24. The van der Waals surface area contributed by atoms with Crippen LogP contribution in [0.15, 0.2) is 18.2 Å². The molecule has 5 nitrogen and oxygen atoms in total. The third-order valence-corrected chi connectivity index (χ3v) is 3.64. The largest absolute Gasteiger partial charge is 0.493 e. The Labute approximate surface area is 124 Å². The maximum absolute atomic E-state index is 12.1. The van der Waals surface area contributed by atoms with Crippen molar-refractivity contribution < 1.29 is 19.4 Å². The van der Waals surface area contributed by atoms with Gasteiger partial charge < -0.3 is 14.7 Å². The van der Waals surface area contributed by atoms with Crippen molar-refractivity contribution in [2.24, 2.45) is 0 Å². The first-order valence-corrected chi connectivity index (χ1v) is 7.21. The number of hydrogen-bond acceptors (Lipinski definition) is 3. The van der Waals surface area contributed by atoms with Crippen LogP contribution in [0.3, 0.4) is 0 Å². The highest BCUT2D eigenvalue weighted by Gasteiger charge is 2.33. The second kappa shape index (κ2) is 6.61. The van der Waals surface area contributed by atoms with Crippen molar-refractivity contribution in [2.75, 3.05) is 13.2 Å². The number of nitrogens with zero attached hydrogens (tertiary/aromatic N) is 1. The molecule has 5 heteroatoms. The van der Waals surface area contributed by atoms with Gasteiger partial charge in [0.2, 0.25) is 5.91 Å². The zero-order valence-electron chi connectivity index (χ0n) is 12.5. The third kappa shape index (κ3) is 3.97. The number of amides is 1. The first-order chi connectivity index (χ1) is 9.97. The monoisotopic (exact) mass is 291 g/mol. The van der Waals surface area contributed by atoms with Crippen LogP contribution in [0.5, 0.6) is 5.75 Å². The van der Waals surface area contributed by atoms with Gasteiger partial charge in [0, 0.05) is 6.54 Å². The van der Waals surface area contributed by atoms with E-state index in [1.54, 1.807) is 0 Å². The van der Waals surface area contributed by atoms with Crippen molar-refractivity contribution in [3.8, 4) is 5.75 Å². The van der Waals surface area contributed by atoms with Crippen molar-refractivity contribution in [3.05, 3.63) is 29.3 Å². The summed E-state index contributed by atoms with van der Waals surface area (Å²) < 4.78 is 5.60. The molecule has 0 saturated carbocycles. The fourth-order valence-corrected chi connectivity index (χ4v) is 2.74. The van der Waals surface area contributed by atoms with E-state index in [9.17, 15) is 9.59 Å². The number of rotatable bonds is 5. The molecule has 1 atom stereocenters. The molecule has 1 N–H and O–H groups in total. The zero-order valence-corrected chi connectivity index (χ0v) is 12.5. The van der Waals surface area contributed by atoms with E-state index < -0.39 is 12.0 Å². The fraction of sp³-hybridized carbons (Fsp3) is 0.500. The van der Waals surface area contributed by atoms with Gasteiger partial charge in [-0.3, -0.25) is 4.79 Å². The number of likely N-dealkylation sites (tertiary alicyclic amines) is 1. The Morgan fingerprint density at radius 3 is 2.57 bits per heavy atom. The SMILES string of the molecule is Cc1cc(C)cc(OCCC(=O)N2CCC[C@H]2C(=O)O)c1. The van der Waals surface area contributed by atoms with Gasteiger partial charge in [-0.2, -0.15) is 0 Å². The zero-order chi connectivity index (χ0) is 15.4. The number of ether oxygens (including phenoxy) is 1. The van der Waals surface area contributed by atoms with Crippen LogP contribution in [-0.4, -0.2) is 41.1 Å². The second-order valence-corrected chi connectivity index (χ2v) is 5.51. The molecule has 114 valence electrons. The lowest BCUT2D eigenvalue weighted by atomic mass is 10.1. The Kier molecular flexibility index (Phi) is 4.83. The van der Waals surface area contributed by atoms with Gasteiger partial charge in [-0.15, -0.1) is 0 Å². The normalized spacial score (nSPS) is 17.8. The van der Waals surface area contributed by atoms with Crippen LogP contribution in [0.1, 0.15) is 30.4 Å². The lowest BCUT2D eigenvalue weighted by molar-refractivity contribution is -0.148. The second-order valence-electron chi connectivity index (χ2n) is 5.51. The van der Waals surface area contributed by atoms with Gasteiger partial charge in [-0.25, -0.2) is 4.79 Å². The summed E-state index contributed by atoms with van der Waals surface area (Å²) >= 11 is 0. The molecule has 1 aliphatic heterocycles. The van der Waals surface area contributed by atoms with Crippen molar-refractivity contribution >= 4 is 11.9 Å². The highest BCUT2D eigenvalue weighted by Crippen LogP contribution is 2.19. The molecule has 1 aromatic carbocycles. The van der Waals surface area contributed by atoms with Crippen molar-refractivity contribution in [3.63, 3.8) is 0 Å². The van der Waals surface area contributed by atoms with Gasteiger partial charge in [0.15, 0.2) is 0 Å². The number of carbonyl (C=O) groups is 2. The van der Waals surface area contributed by atoms with E-state index in [0.29, 0.717) is 13.0 Å². The van der Waals surface area contributed by atoms with Gasteiger partial charge in [0.25, 0.3) is 0 Å². The number of carboxylic acid groups (broad SMARTS) is 1. The van der Waals surface area contributed by atoms with Crippen LogP contribution in [-0.2, 0) is 9.59 Å². The highest BCUT2D eigenvalue weighted by molar-refractivity contribution is 5.84. The molecule has 0 bridgehead atoms. The Balaban J connectivity index is 1.85. The molecule has 2 rings (SSSR count).